The fourth-order valence-corrected chi connectivity index (χ4v) is 11.4. The van der Waals surface area contributed by atoms with Crippen LogP contribution in [-0.2, 0) is 67.3 Å². The molecule has 3 amide bonds. The van der Waals surface area contributed by atoms with E-state index in [0.717, 1.165) is 27.2 Å². The van der Waals surface area contributed by atoms with Crippen molar-refractivity contribution in [2.45, 2.75) is 95.7 Å². The van der Waals surface area contributed by atoms with Crippen LogP contribution in [0.2, 0.25) is 0 Å². The lowest BCUT2D eigenvalue weighted by Crippen LogP contribution is -2.46. The molecule has 0 fully saturated rings. The number of ketones is 3. The molecule has 0 aliphatic carbocycles. The van der Waals surface area contributed by atoms with Gasteiger partial charge in [0.05, 0.1) is 54.6 Å². The van der Waals surface area contributed by atoms with Crippen molar-refractivity contribution in [2.75, 3.05) is 48.0 Å². The van der Waals surface area contributed by atoms with Crippen molar-refractivity contribution in [1.82, 2.24) is 61.1 Å². The SMILES string of the molecule is N=C(N)NCCC[C@@H](CC(=O)CC[C@@H](NC(=O)c1ccc(NCc2cnc3nc(N)[nH]c(=O)c3n2)cc1)C(=O)O)C(=O)N[C@H](CC(=O)O)C(=O)C[C@H](CSSCCOC(=O)CNC(=O)CC[C@H](CC(=O)c1ccc(CCc2cnc3nc(N)[nH]c(=N)c3n2)cc1)C(=O)O)C(=O)O.[2HH].[2HH].[2HH].[2HH]. The summed E-state index contributed by atoms with van der Waals surface area (Å²) in [5, 5.41) is 67.6. The lowest BCUT2D eigenvalue weighted by atomic mass is 9.92. The largest absolute Gasteiger partial charge is 0.481 e. The van der Waals surface area contributed by atoms with E-state index in [1.54, 1.807) is 24.3 Å². The monoisotopic (exact) mass is 1380 g/mol. The van der Waals surface area contributed by atoms with E-state index in [0.29, 0.717) is 29.9 Å². The molecular formula is C59H78N18O17S2. The Balaban J connectivity index is 0.00000850. The van der Waals surface area contributed by atoms with E-state index in [1.807, 2.05) is 0 Å². The number of benzene rings is 2. The number of hydrogen-bond acceptors (Lipinski definition) is 26. The lowest BCUT2D eigenvalue weighted by molar-refractivity contribution is -0.144. The molecular weight excluding hydrogens is 1300 g/mol. The number of rotatable bonds is 41. The van der Waals surface area contributed by atoms with Crippen molar-refractivity contribution in [1.29, 1.82) is 10.8 Å². The smallest absolute Gasteiger partial charge is 0.326 e. The summed E-state index contributed by atoms with van der Waals surface area (Å²) >= 11 is 0. The van der Waals surface area contributed by atoms with Crippen molar-refractivity contribution in [2.24, 2.45) is 23.5 Å². The zero-order valence-electron chi connectivity index (χ0n) is 51.2. The molecule has 0 radical (unpaired) electrons. The number of aliphatic carboxylic acids is 4. The number of carboxylic acids is 4. The lowest BCUT2D eigenvalue weighted by Gasteiger charge is -2.22. The fraction of sp³-hybridized carbons (Fsp3) is 0.390. The number of nitrogens with zero attached hydrogens (tertiary/aromatic N) is 6. The van der Waals surface area contributed by atoms with E-state index < -0.39 is 151 Å². The van der Waals surface area contributed by atoms with Gasteiger partial charge in [-0.2, -0.15) is 9.97 Å². The maximum atomic E-state index is 13.8. The van der Waals surface area contributed by atoms with Gasteiger partial charge in [0, 0.05) is 78.6 Å². The van der Waals surface area contributed by atoms with Crippen LogP contribution in [0, 0.1) is 28.6 Å². The van der Waals surface area contributed by atoms with Crippen molar-refractivity contribution in [3.63, 3.8) is 0 Å². The van der Waals surface area contributed by atoms with Crippen LogP contribution in [0.3, 0.4) is 0 Å². The number of nitrogen functional groups attached to an aromatic ring is 2. The van der Waals surface area contributed by atoms with Crippen LogP contribution in [0.15, 0.2) is 65.7 Å². The first-order valence-corrected chi connectivity index (χ1v) is 32.0. The number of amides is 3. The Morgan fingerprint density at radius 3 is 1.99 bits per heavy atom. The normalized spacial score (nSPS) is 12.6. The van der Waals surface area contributed by atoms with Crippen LogP contribution in [0.1, 0.15) is 108 Å². The highest BCUT2D eigenvalue weighted by molar-refractivity contribution is 8.76. The molecule has 37 heteroatoms. The van der Waals surface area contributed by atoms with Gasteiger partial charge in [0.25, 0.3) is 11.5 Å². The van der Waals surface area contributed by atoms with E-state index in [9.17, 15) is 78.0 Å². The second kappa shape index (κ2) is 36.5. The van der Waals surface area contributed by atoms with Gasteiger partial charge in [-0.05, 0) is 68.4 Å². The number of aromatic amines is 2. The van der Waals surface area contributed by atoms with Crippen LogP contribution >= 0.6 is 21.6 Å². The molecule has 35 nitrogen and oxygen atoms in total. The molecule has 6 rings (SSSR count). The molecule has 4 heterocycles. The predicted octanol–water partition coefficient (Wildman–Crippen LogP) is 1.62. The molecule has 0 bridgehead atoms. The molecule has 0 aliphatic heterocycles. The van der Waals surface area contributed by atoms with Crippen LogP contribution < -0.4 is 54.8 Å². The average Bonchev–Trinajstić information content (AvgIpc) is 0.833. The van der Waals surface area contributed by atoms with E-state index in [-0.39, 0.29) is 113 Å². The van der Waals surface area contributed by atoms with Crippen LogP contribution in [0.25, 0.3) is 22.3 Å². The zero-order valence-corrected chi connectivity index (χ0v) is 52.8. The first kappa shape index (κ1) is 74.1. The van der Waals surface area contributed by atoms with Crippen molar-refractivity contribution in [3.05, 3.63) is 105 Å². The van der Waals surface area contributed by atoms with Gasteiger partial charge in [-0.3, -0.25) is 68.5 Å². The van der Waals surface area contributed by atoms with Gasteiger partial charge in [0.1, 0.15) is 25.0 Å². The number of H-pyrrole nitrogens is 2. The van der Waals surface area contributed by atoms with E-state index in [4.69, 9.17) is 32.8 Å². The summed E-state index contributed by atoms with van der Waals surface area (Å²) in [7, 11) is 2.04. The van der Waals surface area contributed by atoms with Gasteiger partial charge in [0.2, 0.25) is 23.7 Å². The molecule has 19 N–H and O–H groups in total. The number of aryl methyl sites for hydroxylation is 2. The number of esters is 1. The summed E-state index contributed by atoms with van der Waals surface area (Å²) in [5.74, 6) is -15.5. The average molecular weight is 1380 g/mol. The van der Waals surface area contributed by atoms with Crippen molar-refractivity contribution < 1.29 is 83.6 Å². The maximum Gasteiger partial charge on any atom is 0.326 e. The molecule has 5 atom stereocenters. The molecule has 0 unspecified atom stereocenters. The molecule has 0 saturated carbocycles. The first-order valence-electron chi connectivity index (χ1n) is 29.6. The minimum absolute atomic E-state index is 0. The fourth-order valence-electron chi connectivity index (χ4n) is 9.28. The number of fused-ring (bicyclic) bond motifs is 2. The minimum atomic E-state index is -1.75. The Labute approximate surface area is 557 Å². The third-order valence-corrected chi connectivity index (χ3v) is 16.8. The topological polar surface area (TPSA) is 590 Å². The van der Waals surface area contributed by atoms with Crippen molar-refractivity contribution >= 4 is 132 Å². The molecule has 0 saturated heterocycles. The number of aromatic nitrogens is 8. The van der Waals surface area contributed by atoms with Crippen LogP contribution in [-0.4, -0.2) is 174 Å². The summed E-state index contributed by atoms with van der Waals surface area (Å²) in [4.78, 5) is 183. The highest BCUT2D eigenvalue weighted by Crippen LogP contribution is 2.27. The Morgan fingerprint density at radius 2 is 1.32 bits per heavy atom. The van der Waals surface area contributed by atoms with Gasteiger partial charge in [-0.1, -0.05) is 45.9 Å². The number of carboxylic acid groups (broad SMARTS) is 4. The molecule has 4 aromatic heterocycles. The maximum absolute atomic E-state index is 13.8. The van der Waals surface area contributed by atoms with Crippen molar-refractivity contribution in [3.8, 4) is 0 Å². The number of carbonyl (C=O) groups is 11. The van der Waals surface area contributed by atoms with Gasteiger partial charge < -0.3 is 73.9 Å². The molecule has 0 aliphatic rings. The second-order valence-corrected chi connectivity index (χ2v) is 24.3. The first-order chi connectivity index (χ1) is 45.7. The summed E-state index contributed by atoms with van der Waals surface area (Å²) in [6.07, 6.45) is -0.0965. The number of hydrogen-bond donors (Lipinski definition) is 16. The van der Waals surface area contributed by atoms with Crippen LogP contribution in [0.5, 0.6) is 0 Å². The Kier molecular flexibility index (Phi) is 28.1. The molecule has 6 aromatic rings. The molecule has 0 spiro atoms. The number of anilines is 3. The number of ether oxygens (including phenoxy) is 1. The number of carbonyl (C=O) groups excluding carboxylic acids is 7. The van der Waals surface area contributed by atoms with E-state index in [2.05, 4.69) is 66.5 Å². The predicted molar refractivity (Wildman–Crippen MR) is 354 cm³/mol. The number of nitrogens with two attached hydrogens (primary N) is 3. The number of nitrogens with one attached hydrogen (secondary N) is 9. The summed E-state index contributed by atoms with van der Waals surface area (Å²) < 4.78 is 5.12. The molecule has 96 heavy (non-hydrogen) atoms. The quantitative estimate of drug-likeness (QED) is 0.00647. The van der Waals surface area contributed by atoms with Gasteiger partial charge in [0.15, 0.2) is 45.3 Å². The van der Waals surface area contributed by atoms with E-state index >= 15 is 0 Å². The summed E-state index contributed by atoms with van der Waals surface area (Å²) in [5.41, 5.74) is 19.2. The molecule has 518 valence electrons. The Hall–Kier alpha value is -11.0. The zero-order chi connectivity index (χ0) is 70.0. The number of Topliss-reactive ketones (excluding diaryl/α,β-unsaturated/α-hetero) is 3. The number of guanidine groups is 1. The Bertz CT molecular complexity index is 4010. The highest BCUT2D eigenvalue weighted by Gasteiger charge is 2.33. The van der Waals surface area contributed by atoms with Gasteiger partial charge in [-0.15, -0.1) is 0 Å². The standard InChI is InChI=1S/C59H70N18O17S2.4H2/c60-48-46-49(75-58(63)74-48)68-24-36(70-46)11-5-29-3-6-30(7-4-29)41(79)21-33(54(88)89)10-16-43(81)67-27-45(84)94-18-19-95-96-28-34(55(90)91)22-42(80)40(23-44(82)83)73-52(86)32(2-1-17-65-57(61)62)20-38(78)14-15-39(56(92)93)72-51(85)31-8-12-35(13-9-31)66-25-37-26-69-50-47(71-37)53(87)77-59(64)76-50;;;;/h3-4,6-9,12-13,24,26,32-34,39-40,66H,1-2,5,10-11,14-23,25,27-28H2,(H,67,81)(H,72,85)(H,73,86)(H,82,83)(H,88,89)(H,90,91)(H,92,93)(H4,61,62,65)(H4,60,63,68,74,75)(H3,64,69,76,77,87);4*1H/t32-,33+,34+,39+,40+;;;;/m0..../s1/i;4*1+1. The minimum Gasteiger partial charge on any atom is -0.481 e. The second-order valence-electron chi connectivity index (χ2n) is 21.6. The Morgan fingerprint density at radius 1 is 0.667 bits per heavy atom. The van der Waals surface area contributed by atoms with Crippen LogP contribution in [0.4, 0.5) is 17.6 Å². The van der Waals surface area contributed by atoms with E-state index in [1.165, 1.54) is 36.7 Å². The van der Waals surface area contributed by atoms with Gasteiger partial charge >= 0.3 is 29.8 Å². The third-order valence-electron chi connectivity index (χ3n) is 14.4. The summed E-state index contributed by atoms with van der Waals surface area (Å²) in [6, 6.07) is 9.12. The highest BCUT2D eigenvalue weighted by atomic mass is 33.1. The molecule has 2 aromatic carbocycles. The summed E-state index contributed by atoms with van der Waals surface area (Å²) in [6.45, 7) is -0.598. The van der Waals surface area contributed by atoms with Gasteiger partial charge in [-0.25, -0.2) is 24.7 Å². The third kappa shape index (κ3) is 24.2.